The summed E-state index contributed by atoms with van der Waals surface area (Å²) in [5.41, 5.74) is 11.4. The van der Waals surface area contributed by atoms with Gasteiger partial charge in [-0.1, -0.05) is 37.0 Å². The second-order valence-electron chi connectivity index (χ2n) is 6.75. The highest BCUT2D eigenvalue weighted by molar-refractivity contribution is 6.30. The molecule has 4 heterocycles. The minimum absolute atomic E-state index is 0. The van der Waals surface area contributed by atoms with Crippen molar-refractivity contribution in [2.24, 2.45) is 11.5 Å². The van der Waals surface area contributed by atoms with Crippen molar-refractivity contribution in [3.05, 3.63) is 94.0 Å². The second-order valence-corrected chi connectivity index (χ2v) is 7.62. The second kappa shape index (κ2) is 21.1. The summed E-state index contributed by atoms with van der Waals surface area (Å²) in [6, 6.07) is 3.87. The molecular weight excluding hydrogens is 563 g/mol. The predicted octanol–water partition coefficient (Wildman–Crippen LogP) is 3.42. The van der Waals surface area contributed by atoms with Crippen molar-refractivity contribution in [3.8, 4) is 12.1 Å². The highest BCUT2D eigenvalue weighted by atomic mass is 35.5. The number of nitriles is 2. The van der Waals surface area contributed by atoms with Crippen LogP contribution in [-0.4, -0.2) is 39.9 Å². The van der Waals surface area contributed by atoms with Crippen LogP contribution in [-0.2, 0) is 25.9 Å². The van der Waals surface area contributed by atoms with Crippen molar-refractivity contribution in [2.45, 2.75) is 39.8 Å². The highest BCUT2D eigenvalue weighted by Gasteiger charge is 1.93. The number of aryl methyl sites for hydroxylation is 2. The van der Waals surface area contributed by atoms with E-state index in [1.54, 1.807) is 12.4 Å². The molecule has 4 aromatic heterocycles. The summed E-state index contributed by atoms with van der Waals surface area (Å²) >= 11 is 11.0. The van der Waals surface area contributed by atoms with Gasteiger partial charge < -0.3 is 11.5 Å². The zero-order chi connectivity index (χ0) is 28.2. The SMILES string of the molecule is CCc1ncc(C#N)cn1.CCc1ncc(Cl)cn1.Cl.N#Cc1cnc(CN)nc1.NCc1ncc(Cl)cn1. The molecule has 0 fully saturated rings. The zero-order valence-electron chi connectivity index (χ0n) is 21.2. The van der Waals surface area contributed by atoms with Gasteiger partial charge in [-0.15, -0.1) is 12.4 Å². The van der Waals surface area contributed by atoms with E-state index >= 15 is 0 Å². The van der Waals surface area contributed by atoms with Gasteiger partial charge in [0.1, 0.15) is 35.4 Å². The van der Waals surface area contributed by atoms with Gasteiger partial charge in [0, 0.05) is 62.4 Å². The number of hydrogen-bond donors (Lipinski definition) is 2. The summed E-state index contributed by atoms with van der Waals surface area (Å²) in [5, 5.41) is 17.8. The molecule has 0 aromatic carbocycles. The van der Waals surface area contributed by atoms with Crippen LogP contribution < -0.4 is 11.5 Å². The minimum Gasteiger partial charge on any atom is -0.324 e. The van der Waals surface area contributed by atoms with Crippen LogP contribution in [0.4, 0.5) is 0 Å². The number of nitrogens with two attached hydrogens (primary N) is 2. The van der Waals surface area contributed by atoms with Crippen molar-refractivity contribution in [1.29, 1.82) is 10.5 Å². The Kier molecular flexibility index (Phi) is 19.0. The zero-order valence-corrected chi connectivity index (χ0v) is 23.6. The molecule has 0 bridgehead atoms. The number of rotatable bonds is 4. The largest absolute Gasteiger partial charge is 0.324 e. The molecule has 12 nitrogen and oxygen atoms in total. The van der Waals surface area contributed by atoms with Gasteiger partial charge in [-0.05, 0) is 0 Å². The predicted molar refractivity (Wildman–Crippen MR) is 149 cm³/mol. The van der Waals surface area contributed by atoms with Crippen LogP contribution in [0.15, 0.2) is 49.6 Å². The molecule has 4 N–H and O–H groups in total. The van der Waals surface area contributed by atoms with Crippen molar-refractivity contribution >= 4 is 35.6 Å². The number of aromatic nitrogens is 8. The lowest BCUT2D eigenvalue weighted by molar-refractivity contribution is 0.905. The maximum Gasteiger partial charge on any atom is 0.141 e. The van der Waals surface area contributed by atoms with E-state index in [1.165, 1.54) is 37.2 Å². The third kappa shape index (κ3) is 15.2. The Morgan fingerprint density at radius 2 is 0.821 bits per heavy atom. The van der Waals surface area contributed by atoms with Crippen LogP contribution in [0.2, 0.25) is 10.0 Å². The van der Waals surface area contributed by atoms with Crippen LogP contribution >= 0.6 is 35.6 Å². The Balaban J connectivity index is 0.000000490. The lowest BCUT2D eigenvalue weighted by Gasteiger charge is -1.91. The van der Waals surface area contributed by atoms with Gasteiger partial charge in [-0.25, -0.2) is 39.9 Å². The third-order valence-electron chi connectivity index (χ3n) is 4.01. The van der Waals surface area contributed by atoms with Gasteiger partial charge in [0.25, 0.3) is 0 Å². The monoisotopic (exact) mass is 588 g/mol. The van der Waals surface area contributed by atoms with E-state index in [0.29, 0.717) is 45.9 Å². The summed E-state index contributed by atoms with van der Waals surface area (Å²) in [7, 11) is 0. The van der Waals surface area contributed by atoms with E-state index in [0.717, 1.165) is 24.5 Å². The normalized spacial score (nSPS) is 8.92. The molecule has 15 heteroatoms. The molecule has 39 heavy (non-hydrogen) atoms. The van der Waals surface area contributed by atoms with Crippen LogP contribution in [0, 0.1) is 22.7 Å². The highest BCUT2D eigenvalue weighted by Crippen LogP contribution is 2.02. The standard InChI is InChI=1S/C7H7N3.C6H7ClN2.C6H6N4.C5H6ClN3.ClH/c1-2-7-9-4-6(3-8)5-10-7;1-2-6-8-3-5(7)4-9-6;7-1-5-3-9-6(2-8)10-4-5;6-4-2-8-5(1-7)9-3-4;/h4-5H,2H2,1H3;3-4H,2H2,1H3;3-4H,2,8H2;2-3H,1,7H2;1H. The average Bonchev–Trinajstić information content (AvgIpc) is 2.99. The molecule has 204 valence electrons. The van der Waals surface area contributed by atoms with Crippen LogP contribution in [0.25, 0.3) is 0 Å². The van der Waals surface area contributed by atoms with E-state index in [1.807, 2.05) is 26.0 Å². The molecular formula is C24H27Cl3N12. The Labute approximate surface area is 243 Å². The molecule has 0 atom stereocenters. The summed E-state index contributed by atoms with van der Waals surface area (Å²) in [6.07, 6.45) is 13.9. The summed E-state index contributed by atoms with van der Waals surface area (Å²) < 4.78 is 0. The average molecular weight is 590 g/mol. The van der Waals surface area contributed by atoms with Crippen molar-refractivity contribution in [2.75, 3.05) is 0 Å². The van der Waals surface area contributed by atoms with Gasteiger partial charge in [-0.3, -0.25) is 0 Å². The molecule has 0 aliphatic rings. The number of hydrogen-bond acceptors (Lipinski definition) is 12. The fourth-order valence-corrected chi connectivity index (χ4v) is 2.27. The first-order valence-electron chi connectivity index (χ1n) is 11.1. The van der Waals surface area contributed by atoms with Crippen molar-refractivity contribution < 1.29 is 0 Å². The molecule has 0 saturated carbocycles. The summed E-state index contributed by atoms with van der Waals surface area (Å²) in [5.74, 6) is 2.77. The fraction of sp³-hybridized carbons (Fsp3) is 0.250. The molecule has 4 rings (SSSR count). The molecule has 0 aliphatic heterocycles. The van der Waals surface area contributed by atoms with Crippen LogP contribution in [0.3, 0.4) is 0 Å². The van der Waals surface area contributed by atoms with Gasteiger partial charge in [-0.2, -0.15) is 10.5 Å². The molecule has 4 aromatic rings. The molecule has 0 spiro atoms. The van der Waals surface area contributed by atoms with E-state index in [9.17, 15) is 0 Å². The van der Waals surface area contributed by atoms with Gasteiger partial charge in [0.15, 0.2) is 0 Å². The van der Waals surface area contributed by atoms with Crippen LogP contribution in [0.5, 0.6) is 0 Å². The quantitative estimate of drug-likeness (QED) is 0.351. The van der Waals surface area contributed by atoms with Crippen molar-refractivity contribution in [1.82, 2.24) is 39.9 Å². The first-order valence-corrected chi connectivity index (χ1v) is 11.9. The lowest BCUT2D eigenvalue weighted by Crippen LogP contribution is -2.02. The fourth-order valence-electron chi connectivity index (χ4n) is 2.08. The third-order valence-corrected chi connectivity index (χ3v) is 4.40. The first-order chi connectivity index (χ1) is 18.4. The Morgan fingerprint density at radius 3 is 1.08 bits per heavy atom. The number of nitrogens with zero attached hydrogens (tertiary/aromatic N) is 10. The van der Waals surface area contributed by atoms with Crippen LogP contribution in [0.1, 0.15) is 48.3 Å². The summed E-state index contributed by atoms with van der Waals surface area (Å²) in [6.45, 7) is 4.65. The maximum absolute atomic E-state index is 8.37. The van der Waals surface area contributed by atoms with Crippen molar-refractivity contribution in [3.63, 3.8) is 0 Å². The van der Waals surface area contributed by atoms with Gasteiger partial charge in [0.05, 0.1) is 34.3 Å². The van der Waals surface area contributed by atoms with Gasteiger partial charge in [0.2, 0.25) is 0 Å². The lowest BCUT2D eigenvalue weighted by atomic mass is 10.3. The minimum atomic E-state index is 0. The van der Waals surface area contributed by atoms with E-state index < -0.39 is 0 Å². The summed E-state index contributed by atoms with van der Waals surface area (Å²) in [4.78, 5) is 31.1. The Hall–Kier alpha value is -3.91. The van der Waals surface area contributed by atoms with E-state index in [4.69, 9.17) is 45.2 Å². The smallest absolute Gasteiger partial charge is 0.141 e. The van der Waals surface area contributed by atoms with Gasteiger partial charge >= 0.3 is 0 Å². The van der Waals surface area contributed by atoms with E-state index in [2.05, 4.69) is 39.9 Å². The maximum atomic E-state index is 8.37. The molecule has 0 aliphatic carbocycles. The molecule has 0 saturated heterocycles. The molecule has 0 unspecified atom stereocenters. The number of halogens is 3. The Morgan fingerprint density at radius 1 is 0.564 bits per heavy atom. The Bertz CT molecular complexity index is 1170. The first kappa shape index (κ1) is 35.1. The molecule has 0 radical (unpaired) electrons. The molecule has 0 amide bonds. The van der Waals surface area contributed by atoms with E-state index in [-0.39, 0.29) is 12.4 Å². The topological polar surface area (TPSA) is 203 Å².